The molecule has 0 bridgehead atoms. The Labute approximate surface area is 92.4 Å². The summed E-state index contributed by atoms with van der Waals surface area (Å²) in [5.74, 6) is 0.313. The van der Waals surface area contributed by atoms with Crippen molar-refractivity contribution < 1.29 is 9.59 Å². The van der Waals surface area contributed by atoms with Crippen molar-refractivity contribution in [2.45, 2.75) is 58.9 Å². The van der Waals surface area contributed by atoms with E-state index in [9.17, 15) is 9.59 Å². The van der Waals surface area contributed by atoms with Gasteiger partial charge in [0, 0.05) is 12.3 Å². The van der Waals surface area contributed by atoms with Crippen molar-refractivity contribution in [1.29, 1.82) is 0 Å². The lowest BCUT2D eigenvalue weighted by Gasteiger charge is -2.11. The number of unbranched alkanes of at least 4 members (excludes halogenated alkanes) is 1. The molecule has 0 aliphatic heterocycles. The third-order valence-electron chi connectivity index (χ3n) is 2.76. The zero-order valence-corrected chi connectivity index (χ0v) is 10.1. The molecule has 3 heteroatoms. The van der Waals surface area contributed by atoms with Gasteiger partial charge in [-0.1, -0.05) is 26.7 Å². The maximum Gasteiger partial charge on any atom is 0.146 e. The van der Waals surface area contributed by atoms with Gasteiger partial charge in [-0.3, -0.25) is 9.59 Å². The summed E-state index contributed by atoms with van der Waals surface area (Å²) in [6.45, 7) is 5.54. The first kappa shape index (κ1) is 14.3. The molecule has 2 unspecified atom stereocenters. The van der Waals surface area contributed by atoms with Crippen LogP contribution in [-0.4, -0.2) is 17.6 Å². The minimum Gasteiger partial charge on any atom is -0.322 e. The molecule has 0 aliphatic carbocycles. The average Bonchev–Trinajstić information content (AvgIpc) is 2.21. The molecule has 0 saturated carbocycles. The molecule has 15 heavy (non-hydrogen) atoms. The maximum absolute atomic E-state index is 11.6. The molecular weight excluding hydrogens is 190 g/mol. The highest BCUT2D eigenvalue weighted by Gasteiger charge is 2.15. The van der Waals surface area contributed by atoms with Gasteiger partial charge in [0.2, 0.25) is 0 Å². The quantitative estimate of drug-likeness (QED) is 0.671. The van der Waals surface area contributed by atoms with Crippen LogP contribution in [-0.2, 0) is 9.59 Å². The minimum atomic E-state index is -0.465. The summed E-state index contributed by atoms with van der Waals surface area (Å²) < 4.78 is 0. The highest BCUT2D eigenvalue weighted by atomic mass is 16.1. The van der Waals surface area contributed by atoms with E-state index in [1.807, 2.05) is 6.92 Å². The number of ketones is 2. The fraction of sp³-hybridized carbons (Fsp3) is 0.833. The van der Waals surface area contributed by atoms with Crippen molar-refractivity contribution >= 4 is 11.6 Å². The molecule has 2 atom stereocenters. The van der Waals surface area contributed by atoms with E-state index in [2.05, 4.69) is 6.92 Å². The molecule has 88 valence electrons. The van der Waals surface area contributed by atoms with E-state index in [0.717, 1.165) is 19.3 Å². The molecule has 0 aromatic rings. The molecule has 0 radical (unpaired) electrons. The SMILES string of the molecule is CCCCC(C)C(=O)CCC(N)C(C)=O. The Hall–Kier alpha value is -0.700. The van der Waals surface area contributed by atoms with E-state index in [0.29, 0.717) is 12.8 Å². The Morgan fingerprint density at radius 3 is 2.33 bits per heavy atom. The van der Waals surface area contributed by atoms with E-state index >= 15 is 0 Å². The molecule has 0 heterocycles. The Morgan fingerprint density at radius 1 is 1.27 bits per heavy atom. The standard InChI is InChI=1S/C12H23NO2/c1-4-5-6-9(2)12(15)8-7-11(13)10(3)14/h9,11H,4-8,13H2,1-3H3. The van der Waals surface area contributed by atoms with Crippen molar-refractivity contribution in [3.63, 3.8) is 0 Å². The van der Waals surface area contributed by atoms with Crippen LogP contribution in [0.2, 0.25) is 0 Å². The molecular formula is C12H23NO2. The van der Waals surface area contributed by atoms with Crippen molar-refractivity contribution in [3.05, 3.63) is 0 Å². The smallest absolute Gasteiger partial charge is 0.146 e. The predicted octanol–water partition coefficient (Wildman–Crippen LogP) is 2.08. The van der Waals surface area contributed by atoms with E-state index in [1.54, 1.807) is 0 Å². The number of Topliss-reactive ketones (excluding diaryl/α,β-unsaturated/α-hetero) is 2. The molecule has 0 saturated heterocycles. The van der Waals surface area contributed by atoms with Gasteiger partial charge in [-0.25, -0.2) is 0 Å². The molecule has 0 aromatic heterocycles. The van der Waals surface area contributed by atoms with Crippen molar-refractivity contribution in [3.8, 4) is 0 Å². The molecule has 0 rings (SSSR count). The maximum atomic E-state index is 11.6. The largest absolute Gasteiger partial charge is 0.322 e. The van der Waals surface area contributed by atoms with Gasteiger partial charge in [0.05, 0.1) is 6.04 Å². The molecule has 0 aliphatic rings. The van der Waals surface area contributed by atoms with E-state index < -0.39 is 6.04 Å². The van der Waals surface area contributed by atoms with E-state index in [4.69, 9.17) is 5.73 Å². The third kappa shape index (κ3) is 6.39. The molecule has 0 spiro atoms. The second-order valence-corrected chi connectivity index (χ2v) is 4.27. The van der Waals surface area contributed by atoms with Gasteiger partial charge in [-0.15, -0.1) is 0 Å². The first-order chi connectivity index (χ1) is 6.99. The van der Waals surface area contributed by atoms with Crippen molar-refractivity contribution in [1.82, 2.24) is 0 Å². The molecule has 3 nitrogen and oxygen atoms in total. The summed E-state index contributed by atoms with van der Waals surface area (Å²) in [6, 6.07) is -0.465. The lowest BCUT2D eigenvalue weighted by atomic mass is 9.95. The van der Waals surface area contributed by atoms with Gasteiger partial charge in [0.1, 0.15) is 11.6 Å². The Bertz CT molecular complexity index is 214. The zero-order valence-electron chi connectivity index (χ0n) is 10.1. The fourth-order valence-electron chi connectivity index (χ4n) is 1.42. The highest BCUT2D eigenvalue weighted by molar-refractivity contribution is 5.84. The number of hydrogen-bond acceptors (Lipinski definition) is 3. The van der Waals surface area contributed by atoms with Gasteiger partial charge in [0.15, 0.2) is 0 Å². The zero-order chi connectivity index (χ0) is 11.8. The van der Waals surface area contributed by atoms with Gasteiger partial charge in [-0.05, 0) is 19.8 Å². The van der Waals surface area contributed by atoms with Crippen LogP contribution < -0.4 is 5.73 Å². The fourth-order valence-corrected chi connectivity index (χ4v) is 1.42. The molecule has 0 fully saturated rings. The number of carbonyl (C=O) groups excluding carboxylic acids is 2. The van der Waals surface area contributed by atoms with Crippen LogP contribution >= 0.6 is 0 Å². The summed E-state index contributed by atoms with van der Waals surface area (Å²) in [6.07, 6.45) is 4.08. The lowest BCUT2D eigenvalue weighted by molar-refractivity contribution is -0.123. The van der Waals surface area contributed by atoms with Gasteiger partial charge >= 0.3 is 0 Å². The van der Waals surface area contributed by atoms with Crippen LogP contribution in [0.1, 0.15) is 52.9 Å². The number of rotatable bonds is 8. The van der Waals surface area contributed by atoms with Crippen LogP contribution in [0.25, 0.3) is 0 Å². The predicted molar refractivity (Wildman–Crippen MR) is 61.6 cm³/mol. The first-order valence-electron chi connectivity index (χ1n) is 5.77. The summed E-state index contributed by atoms with van der Waals surface area (Å²) >= 11 is 0. The third-order valence-corrected chi connectivity index (χ3v) is 2.76. The van der Waals surface area contributed by atoms with E-state index in [-0.39, 0.29) is 17.5 Å². The van der Waals surface area contributed by atoms with Gasteiger partial charge < -0.3 is 5.73 Å². The highest BCUT2D eigenvalue weighted by Crippen LogP contribution is 2.12. The van der Waals surface area contributed by atoms with E-state index in [1.165, 1.54) is 6.92 Å². The number of hydrogen-bond donors (Lipinski definition) is 1. The molecule has 2 N–H and O–H groups in total. The normalized spacial score (nSPS) is 14.7. The van der Waals surface area contributed by atoms with Crippen molar-refractivity contribution in [2.75, 3.05) is 0 Å². The molecule has 0 amide bonds. The summed E-state index contributed by atoms with van der Waals surface area (Å²) in [5, 5.41) is 0. The Kier molecular flexibility index (Phi) is 7.22. The summed E-state index contributed by atoms with van der Waals surface area (Å²) in [5.41, 5.74) is 5.56. The second-order valence-electron chi connectivity index (χ2n) is 4.27. The first-order valence-corrected chi connectivity index (χ1v) is 5.77. The lowest BCUT2D eigenvalue weighted by Crippen LogP contribution is -2.29. The summed E-state index contributed by atoms with van der Waals surface area (Å²) in [7, 11) is 0. The topological polar surface area (TPSA) is 60.2 Å². The average molecular weight is 213 g/mol. The summed E-state index contributed by atoms with van der Waals surface area (Å²) in [4.78, 5) is 22.5. The second kappa shape index (κ2) is 7.57. The van der Waals surface area contributed by atoms with Crippen LogP contribution in [0.3, 0.4) is 0 Å². The minimum absolute atomic E-state index is 0.0380. The number of nitrogens with two attached hydrogens (primary N) is 1. The number of carbonyl (C=O) groups is 2. The Morgan fingerprint density at radius 2 is 1.87 bits per heavy atom. The van der Waals surface area contributed by atoms with Crippen LogP contribution in [0, 0.1) is 5.92 Å². The molecule has 0 aromatic carbocycles. The monoisotopic (exact) mass is 213 g/mol. The van der Waals surface area contributed by atoms with Crippen molar-refractivity contribution in [2.24, 2.45) is 11.7 Å². The van der Waals surface area contributed by atoms with Crippen LogP contribution in [0.5, 0.6) is 0 Å². The van der Waals surface area contributed by atoms with Crippen LogP contribution in [0.4, 0.5) is 0 Å². The van der Waals surface area contributed by atoms with Gasteiger partial charge in [-0.2, -0.15) is 0 Å². The van der Waals surface area contributed by atoms with Gasteiger partial charge in [0.25, 0.3) is 0 Å². The Balaban J connectivity index is 3.77. The van der Waals surface area contributed by atoms with Crippen LogP contribution in [0.15, 0.2) is 0 Å².